The summed E-state index contributed by atoms with van der Waals surface area (Å²) in [5, 5.41) is 7.30. The lowest BCUT2D eigenvalue weighted by atomic mass is 9.92. The van der Waals surface area contributed by atoms with E-state index in [4.69, 9.17) is 9.47 Å². The Morgan fingerprint density at radius 3 is 1.46 bits per heavy atom. The Balaban J connectivity index is 1.55. The lowest BCUT2D eigenvalue weighted by molar-refractivity contribution is -0.288. The quantitative estimate of drug-likeness (QED) is 0.891. The normalized spacial score (nSPS) is 36.1. The van der Waals surface area contributed by atoms with Crippen LogP contribution in [0.3, 0.4) is 0 Å². The maximum atomic E-state index is 6.29. The predicted molar refractivity (Wildman–Crippen MR) is 93.4 cm³/mol. The van der Waals surface area contributed by atoms with Crippen LogP contribution in [0.2, 0.25) is 0 Å². The third kappa shape index (κ3) is 2.66. The summed E-state index contributed by atoms with van der Waals surface area (Å²) in [5.41, 5.74) is 1.26. The van der Waals surface area contributed by atoms with Gasteiger partial charge in [0.1, 0.15) is 0 Å². The fraction of sp³-hybridized carbons (Fsp3) is 0.400. The van der Waals surface area contributed by atoms with Gasteiger partial charge in [-0.2, -0.15) is 0 Å². The minimum Gasteiger partial charge on any atom is -0.354 e. The Hall–Kier alpha value is -1.72. The van der Waals surface area contributed by atoms with E-state index >= 15 is 0 Å². The maximum absolute atomic E-state index is 6.29. The van der Waals surface area contributed by atoms with Crippen LogP contribution in [0.25, 0.3) is 0 Å². The molecule has 0 unspecified atom stereocenters. The Bertz CT molecular complexity index is 632. The molecule has 2 saturated heterocycles. The minimum absolute atomic E-state index is 0.124. The molecule has 0 aromatic heterocycles. The van der Waals surface area contributed by atoms with Crippen LogP contribution in [-0.4, -0.2) is 24.7 Å². The van der Waals surface area contributed by atoms with Gasteiger partial charge in [-0.25, -0.2) is 0 Å². The van der Waals surface area contributed by atoms with E-state index in [0.717, 1.165) is 0 Å². The summed E-state index contributed by atoms with van der Waals surface area (Å²) in [7, 11) is 0. The molecule has 0 aliphatic carbocycles. The van der Waals surface area contributed by atoms with Crippen molar-refractivity contribution in [3.8, 4) is 0 Å². The van der Waals surface area contributed by atoms with Gasteiger partial charge in [0.15, 0.2) is 11.4 Å². The molecule has 126 valence electrons. The molecule has 2 aromatic carbocycles. The lowest BCUT2D eigenvalue weighted by Gasteiger charge is -2.56. The molecular formula is C20H24N2O2. The number of rotatable bonds is 2. The average Bonchev–Trinajstić information content (AvgIpc) is 2.63. The molecule has 2 aliphatic rings. The van der Waals surface area contributed by atoms with Crippen molar-refractivity contribution < 1.29 is 9.47 Å². The molecule has 0 radical (unpaired) electrons. The Morgan fingerprint density at radius 2 is 1.08 bits per heavy atom. The molecule has 4 rings (SSSR count). The van der Waals surface area contributed by atoms with Gasteiger partial charge in [-0.15, -0.1) is 0 Å². The fourth-order valence-electron chi connectivity index (χ4n) is 3.61. The molecule has 2 N–H and O–H groups in total. The van der Waals surface area contributed by atoms with Gasteiger partial charge in [0, 0.05) is 0 Å². The first-order chi connectivity index (χ1) is 11.6. The smallest absolute Gasteiger partial charge is 0.159 e. The fourth-order valence-corrected chi connectivity index (χ4v) is 3.61. The summed E-state index contributed by atoms with van der Waals surface area (Å²) in [6.07, 6.45) is 0. The molecular weight excluding hydrogens is 300 g/mol. The summed E-state index contributed by atoms with van der Waals surface area (Å²) in [4.78, 5) is 0. The highest BCUT2D eigenvalue weighted by atomic mass is 16.6. The van der Waals surface area contributed by atoms with Crippen molar-refractivity contribution in [3.05, 3.63) is 71.8 Å². The number of nitrogens with one attached hydrogen (secondary N) is 2. The second-order valence-corrected chi connectivity index (χ2v) is 6.90. The monoisotopic (exact) mass is 324 g/mol. The van der Waals surface area contributed by atoms with Crippen LogP contribution in [0.15, 0.2) is 60.7 Å². The third-order valence-electron chi connectivity index (χ3n) is 5.29. The van der Waals surface area contributed by atoms with E-state index in [1.165, 1.54) is 11.1 Å². The largest absolute Gasteiger partial charge is 0.354 e. The number of benzene rings is 2. The van der Waals surface area contributed by atoms with E-state index in [9.17, 15) is 0 Å². The molecule has 2 aromatic rings. The van der Waals surface area contributed by atoms with Crippen LogP contribution in [0.5, 0.6) is 0 Å². The zero-order valence-corrected chi connectivity index (χ0v) is 14.2. The van der Waals surface area contributed by atoms with Crippen molar-refractivity contribution in [1.82, 2.24) is 10.6 Å². The van der Waals surface area contributed by atoms with E-state index in [1.54, 1.807) is 0 Å². The first kappa shape index (κ1) is 15.8. The number of morpholine rings is 2. The van der Waals surface area contributed by atoms with Crippen LogP contribution in [0, 0.1) is 0 Å². The molecule has 4 heteroatoms. The topological polar surface area (TPSA) is 42.5 Å². The summed E-state index contributed by atoms with van der Waals surface area (Å²) in [6.45, 7) is 5.34. The van der Waals surface area contributed by atoms with E-state index in [2.05, 4.69) is 73.0 Å². The Morgan fingerprint density at radius 1 is 0.708 bits per heavy atom. The SMILES string of the molecule is C[C@]12N[C@H](c3ccccc3)CO[C@@]1(C)N[C@H](c1ccccc1)CO2. The summed E-state index contributed by atoms with van der Waals surface area (Å²) in [6, 6.07) is 21.0. The van der Waals surface area contributed by atoms with Gasteiger partial charge >= 0.3 is 0 Å². The molecule has 0 saturated carbocycles. The van der Waals surface area contributed by atoms with Crippen LogP contribution in [0.4, 0.5) is 0 Å². The molecule has 4 atom stereocenters. The Kier molecular flexibility index (Phi) is 3.93. The molecule has 2 aliphatic heterocycles. The predicted octanol–water partition coefficient (Wildman–Crippen LogP) is 3.14. The first-order valence-electron chi connectivity index (χ1n) is 8.53. The highest BCUT2D eigenvalue weighted by molar-refractivity contribution is 5.23. The van der Waals surface area contributed by atoms with Crippen LogP contribution < -0.4 is 10.6 Å². The summed E-state index contributed by atoms with van der Waals surface area (Å²) in [5.74, 6) is 0. The van der Waals surface area contributed by atoms with Crippen molar-refractivity contribution >= 4 is 0 Å². The molecule has 0 bridgehead atoms. The summed E-state index contributed by atoms with van der Waals surface area (Å²) < 4.78 is 12.6. The zero-order chi connectivity index (χ0) is 16.6. The first-order valence-corrected chi connectivity index (χ1v) is 8.53. The van der Waals surface area contributed by atoms with E-state index in [0.29, 0.717) is 13.2 Å². The van der Waals surface area contributed by atoms with Gasteiger partial charge in [0.2, 0.25) is 0 Å². The maximum Gasteiger partial charge on any atom is 0.159 e. The second-order valence-electron chi connectivity index (χ2n) is 6.90. The second kappa shape index (κ2) is 5.97. The summed E-state index contributed by atoms with van der Waals surface area (Å²) >= 11 is 0. The van der Waals surface area contributed by atoms with Crippen LogP contribution in [0.1, 0.15) is 37.1 Å². The molecule has 0 amide bonds. The van der Waals surface area contributed by atoms with Crippen molar-refractivity contribution in [2.45, 2.75) is 37.4 Å². The van der Waals surface area contributed by atoms with Crippen LogP contribution >= 0.6 is 0 Å². The van der Waals surface area contributed by atoms with Gasteiger partial charge in [-0.05, 0) is 25.0 Å². The highest BCUT2D eigenvalue weighted by Gasteiger charge is 2.55. The van der Waals surface area contributed by atoms with Crippen molar-refractivity contribution in [1.29, 1.82) is 0 Å². The van der Waals surface area contributed by atoms with Gasteiger partial charge in [-0.1, -0.05) is 60.7 Å². The van der Waals surface area contributed by atoms with Crippen molar-refractivity contribution in [2.75, 3.05) is 13.2 Å². The van der Waals surface area contributed by atoms with Gasteiger partial charge < -0.3 is 9.47 Å². The number of ether oxygens (including phenoxy) is 2. The zero-order valence-electron chi connectivity index (χ0n) is 14.2. The third-order valence-corrected chi connectivity index (χ3v) is 5.29. The molecule has 0 spiro atoms. The number of hydrogen-bond acceptors (Lipinski definition) is 4. The molecule has 4 nitrogen and oxygen atoms in total. The Labute approximate surface area is 143 Å². The van der Waals surface area contributed by atoms with Gasteiger partial charge in [-0.3, -0.25) is 10.6 Å². The molecule has 24 heavy (non-hydrogen) atoms. The standard InChI is InChI=1S/C20H24N2O2/c1-19-20(2,22-18(13-23-19)16-11-7-4-8-12-16)24-14-17(21-19)15-9-5-3-6-10-15/h3-12,17-18,21-22H,13-14H2,1-2H3/t17-,18-,19+,20+/m0/s1. The minimum atomic E-state index is -0.586. The number of fused-ring (bicyclic) bond motifs is 1. The molecule has 2 heterocycles. The van der Waals surface area contributed by atoms with Crippen molar-refractivity contribution in [3.63, 3.8) is 0 Å². The number of hydrogen-bond donors (Lipinski definition) is 2. The highest BCUT2D eigenvalue weighted by Crippen LogP contribution is 2.39. The molecule has 2 fully saturated rings. The van der Waals surface area contributed by atoms with Crippen molar-refractivity contribution in [2.24, 2.45) is 0 Å². The van der Waals surface area contributed by atoms with E-state index < -0.39 is 11.4 Å². The average molecular weight is 324 g/mol. The van der Waals surface area contributed by atoms with Crippen LogP contribution in [-0.2, 0) is 9.47 Å². The van der Waals surface area contributed by atoms with Gasteiger partial charge in [0.25, 0.3) is 0 Å². The van der Waals surface area contributed by atoms with E-state index in [1.807, 2.05) is 12.1 Å². The van der Waals surface area contributed by atoms with Gasteiger partial charge in [0.05, 0.1) is 25.3 Å². The van der Waals surface area contributed by atoms with E-state index in [-0.39, 0.29) is 12.1 Å². The lowest BCUT2D eigenvalue weighted by Crippen LogP contribution is -2.76.